The van der Waals surface area contributed by atoms with Gasteiger partial charge >= 0.3 is 35.3 Å². The van der Waals surface area contributed by atoms with Gasteiger partial charge in [-0.25, -0.2) is 42.5 Å². The van der Waals surface area contributed by atoms with Gasteiger partial charge in [-0.1, -0.05) is 36.5 Å². The summed E-state index contributed by atoms with van der Waals surface area (Å²) in [5.74, 6) is 5.67. The molecule has 3 fully saturated rings. The van der Waals surface area contributed by atoms with Crippen LogP contribution in [0.5, 0.6) is 0 Å². The van der Waals surface area contributed by atoms with E-state index in [4.69, 9.17) is 14.2 Å². The fraction of sp³-hybridized carbons (Fsp3) is 0.556. The average molecular weight is 781 g/mol. The molecule has 0 spiro atoms. The zero-order valence-corrected chi connectivity index (χ0v) is 30.7. The maximum absolute atomic E-state index is 13.4. The van der Waals surface area contributed by atoms with Crippen molar-refractivity contribution in [1.82, 2.24) is 29.7 Å². The van der Waals surface area contributed by atoms with E-state index in [1.807, 2.05) is 0 Å². The Hall–Kier alpha value is -2.46. The molecule has 1 aromatic heterocycles. The number of nitrogens with zero attached hydrogens (tertiary/aromatic N) is 3. The summed E-state index contributed by atoms with van der Waals surface area (Å²) in [5, 5.41) is 7.11. The zero-order valence-electron chi connectivity index (χ0n) is 25.8. The van der Waals surface area contributed by atoms with Crippen molar-refractivity contribution in [3.63, 3.8) is 0 Å². The highest BCUT2D eigenvalue weighted by Gasteiger charge is 2.24. The van der Waals surface area contributed by atoms with Gasteiger partial charge in [0, 0.05) is 51.8 Å². The Kier molecular flexibility index (Phi) is 15.2. The first kappa shape index (κ1) is 38.3. The second-order valence-electron chi connectivity index (χ2n) is 10.4. The quantitative estimate of drug-likeness (QED) is 0.245. The first-order valence-corrected chi connectivity index (χ1v) is 21.0. The van der Waals surface area contributed by atoms with Crippen LogP contribution in [0.25, 0.3) is 0 Å². The van der Waals surface area contributed by atoms with Crippen molar-refractivity contribution in [1.29, 1.82) is 0 Å². The molecule has 4 heterocycles. The topological polar surface area (TPSA) is 181 Å². The highest BCUT2D eigenvalue weighted by atomic mass is 32.2. The predicted molar refractivity (Wildman–Crippen MR) is 196 cm³/mol. The highest BCUT2D eigenvalue weighted by molar-refractivity contribution is 8.05. The number of nitrogens with one attached hydrogen (secondary N) is 3. The molecule has 15 nitrogen and oxygen atoms in total. The molecule has 264 valence electrons. The van der Waals surface area contributed by atoms with E-state index in [1.54, 1.807) is 35.3 Å². The summed E-state index contributed by atoms with van der Waals surface area (Å²) < 4.78 is 18.0. The van der Waals surface area contributed by atoms with Crippen molar-refractivity contribution in [2.75, 3.05) is 51.8 Å². The van der Waals surface area contributed by atoms with Gasteiger partial charge in [0.1, 0.15) is 20.0 Å². The van der Waals surface area contributed by atoms with Crippen LogP contribution < -0.4 is 33.0 Å². The molecule has 0 aliphatic carbocycles. The minimum Gasteiger partial charge on any atom is -0.434 e. The van der Waals surface area contributed by atoms with E-state index in [0.29, 0.717) is 48.2 Å². The summed E-state index contributed by atoms with van der Waals surface area (Å²) in [6.07, 6.45) is -2.66. The van der Waals surface area contributed by atoms with E-state index < -0.39 is 71.7 Å². The van der Waals surface area contributed by atoms with Gasteiger partial charge in [-0.15, -0.1) is 35.3 Å². The Morgan fingerprint density at radius 1 is 0.542 bits per heavy atom. The van der Waals surface area contributed by atoms with Crippen LogP contribution in [0.4, 0.5) is 14.4 Å². The number of alkyl carbamates (subject to hydrolysis) is 3. The molecule has 3 atom stereocenters. The van der Waals surface area contributed by atoms with Crippen LogP contribution >= 0.6 is 70.6 Å². The number of aromatic nitrogens is 3. The third kappa shape index (κ3) is 11.9. The number of hydrogen-bond donors (Lipinski definition) is 3. The first-order chi connectivity index (χ1) is 23.0. The number of thioether (sulfide) groups is 6. The Bertz CT molecular complexity index is 1370. The average Bonchev–Trinajstić information content (AvgIpc) is 3.47. The van der Waals surface area contributed by atoms with Gasteiger partial charge < -0.3 is 30.2 Å². The van der Waals surface area contributed by atoms with E-state index in [0.717, 1.165) is 34.0 Å². The van der Waals surface area contributed by atoms with E-state index in [2.05, 4.69) is 35.7 Å². The van der Waals surface area contributed by atoms with Crippen LogP contribution in [0.15, 0.2) is 50.8 Å². The third-order valence-corrected chi connectivity index (χ3v) is 14.1. The summed E-state index contributed by atoms with van der Waals surface area (Å²) in [6.45, 7) is 9.86. The molecule has 4 rings (SSSR count). The molecule has 3 aliphatic heterocycles. The summed E-state index contributed by atoms with van der Waals surface area (Å²) >= 11 is 8.89. The molecule has 3 aliphatic rings. The standard InChI is InChI=1S/C27H36N6O9S6/c1-16-4-43-10-19(46-7-16)40-22(34)28-13-31-25(37)32(14-29-23(35)41-20-11-44-5-17(2)8-47-20)27(39)33(26(31)38)15-30-24(36)42-21-12-45-6-18(3)9-48-21/h19-21H,1-15H2,(H,28,34)(H,29,35)(H,30,36). The summed E-state index contributed by atoms with van der Waals surface area (Å²) in [6, 6.07) is 0. The van der Waals surface area contributed by atoms with Crippen LogP contribution in [0, 0.1) is 0 Å². The Balaban J connectivity index is 1.47. The van der Waals surface area contributed by atoms with Crippen molar-refractivity contribution in [3.8, 4) is 0 Å². The molecule has 3 unspecified atom stereocenters. The zero-order chi connectivity index (χ0) is 34.6. The number of hydrogen-bond acceptors (Lipinski definition) is 15. The normalized spacial score (nSPS) is 22.0. The van der Waals surface area contributed by atoms with Gasteiger partial charge in [0.15, 0.2) is 16.3 Å². The molecule has 3 saturated heterocycles. The van der Waals surface area contributed by atoms with Crippen molar-refractivity contribution < 1.29 is 28.6 Å². The van der Waals surface area contributed by atoms with Crippen LogP contribution in [-0.2, 0) is 34.2 Å². The minimum absolute atomic E-state index is 0.479. The third-order valence-electron chi connectivity index (χ3n) is 6.35. The number of carbonyl (C=O) groups excluding carboxylic acids is 3. The highest BCUT2D eigenvalue weighted by Crippen LogP contribution is 2.28. The second kappa shape index (κ2) is 19.1. The fourth-order valence-corrected chi connectivity index (χ4v) is 10.8. The summed E-state index contributed by atoms with van der Waals surface area (Å²) in [5.41, 5.74) is -1.77. The SMILES string of the molecule is C=C1CSCC(OC(=O)NCn2c(=O)n(CNC(=O)OC3CSCC(=C)CS3)c(=O)n(CNC(=O)OC3CSCC(=C)CS3)c2=O)SC1. The molecule has 0 radical (unpaired) electrons. The Morgan fingerprint density at radius 3 is 1.08 bits per heavy atom. The van der Waals surface area contributed by atoms with E-state index in [-0.39, 0.29) is 0 Å². The molecule has 0 bridgehead atoms. The molecule has 0 saturated carbocycles. The monoisotopic (exact) mass is 780 g/mol. The maximum Gasteiger partial charge on any atom is 0.409 e. The lowest BCUT2D eigenvalue weighted by Crippen LogP contribution is -2.58. The van der Waals surface area contributed by atoms with E-state index in [9.17, 15) is 28.8 Å². The first-order valence-electron chi connectivity index (χ1n) is 14.4. The van der Waals surface area contributed by atoms with Gasteiger partial charge in [-0.3, -0.25) is 0 Å². The lowest BCUT2D eigenvalue weighted by molar-refractivity contribution is 0.138. The molecule has 3 amide bonds. The van der Waals surface area contributed by atoms with Crippen LogP contribution in [0.2, 0.25) is 0 Å². The van der Waals surface area contributed by atoms with Crippen molar-refractivity contribution in [2.24, 2.45) is 0 Å². The van der Waals surface area contributed by atoms with Gasteiger partial charge in [0.25, 0.3) is 0 Å². The van der Waals surface area contributed by atoms with Crippen LogP contribution in [0.3, 0.4) is 0 Å². The van der Waals surface area contributed by atoms with Crippen LogP contribution in [0.1, 0.15) is 0 Å². The van der Waals surface area contributed by atoms with E-state index in [1.165, 1.54) is 35.3 Å². The Labute approximate surface area is 301 Å². The second-order valence-corrected chi connectivity index (χ2v) is 16.9. The van der Waals surface area contributed by atoms with Gasteiger partial charge in [-0.2, -0.15) is 35.3 Å². The van der Waals surface area contributed by atoms with Crippen molar-refractivity contribution in [3.05, 3.63) is 67.9 Å². The number of ether oxygens (including phenoxy) is 3. The number of amides is 3. The smallest absolute Gasteiger partial charge is 0.409 e. The fourth-order valence-electron chi connectivity index (χ4n) is 4.01. The van der Waals surface area contributed by atoms with Gasteiger partial charge in [0.2, 0.25) is 0 Å². The number of rotatable bonds is 9. The molecule has 1 aromatic rings. The maximum atomic E-state index is 13.4. The molecule has 21 heteroatoms. The lowest BCUT2D eigenvalue weighted by Gasteiger charge is -2.18. The largest absolute Gasteiger partial charge is 0.434 e. The summed E-state index contributed by atoms with van der Waals surface area (Å²) in [7, 11) is 0. The van der Waals surface area contributed by atoms with Gasteiger partial charge in [-0.05, 0) is 0 Å². The lowest BCUT2D eigenvalue weighted by atomic mass is 10.4. The predicted octanol–water partition coefficient (Wildman–Crippen LogP) is 2.31. The minimum atomic E-state index is -1.12. The molecule has 0 aromatic carbocycles. The summed E-state index contributed by atoms with van der Waals surface area (Å²) in [4.78, 5) is 77.9. The molecular formula is C27H36N6O9S6. The van der Waals surface area contributed by atoms with Gasteiger partial charge in [0.05, 0.1) is 0 Å². The van der Waals surface area contributed by atoms with Crippen molar-refractivity contribution in [2.45, 2.75) is 36.3 Å². The Morgan fingerprint density at radius 2 is 0.812 bits per heavy atom. The van der Waals surface area contributed by atoms with Crippen molar-refractivity contribution >= 4 is 88.9 Å². The number of carbonyl (C=O) groups is 3. The molecule has 3 N–H and O–H groups in total. The van der Waals surface area contributed by atoms with Crippen LogP contribution in [-0.4, -0.2) is 100 Å². The molecular weight excluding hydrogens is 745 g/mol. The molecule has 48 heavy (non-hydrogen) atoms. The van der Waals surface area contributed by atoms with E-state index >= 15 is 0 Å².